The topological polar surface area (TPSA) is 45.5 Å². The van der Waals surface area contributed by atoms with Crippen molar-refractivity contribution >= 4 is 20.9 Å². The van der Waals surface area contributed by atoms with Crippen molar-refractivity contribution in [2.24, 2.45) is 0 Å². The number of aromatic nitrogens is 1. The Bertz CT molecular complexity index is 1380. The van der Waals surface area contributed by atoms with Gasteiger partial charge in [-0.25, -0.2) is 16.8 Å². The van der Waals surface area contributed by atoms with Gasteiger partial charge >= 0.3 is 0 Å². The van der Waals surface area contributed by atoms with Gasteiger partial charge in [0.25, 0.3) is 10.0 Å². The first kappa shape index (κ1) is 21.8. The standard InChI is InChI=1S/C26H26FN3O2S/c1-28-14-16-29(17-15-28)19-24-23-18-21(27)12-13-25(23)30(26(24)20-8-4-2-5-9-20)33(31,32)22-10-6-3-7-11-22/h2-13,18H,14-17,19H2,1H3. The van der Waals surface area contributed by atoms with E-state index in [0.29, 0.717) is 23.1 Å². The fourth-order valence-corrected chi connectivity index (χ4v) is 6.11. The molecule has 0 atom stereocenters. The van der Waals surface area contributed by atoms with Crippen LogP contribution in [0.5, 0.6) is 0 Å². The number of hydrogen-bond donors (Lipinski definition) is 0. The van der Waals surface area contributed by atoms with E-state index in [0.717, 1.165) is 37.3 Å². The van der Waals surface area contributed by atoms with Crippen LogP contribution in [0, 0.1) is 5.82 Å². The monoisotopic (exact) mass is 463 g/mol. The smallest absolute Gasteiger partial charge is 0.268 e. The summed E-state index contributed by atoms with van der Waals surface area (Å²) in [7, 11) is -1.82. The molecule has 0 N–H and O–H groups in total. The van der Waals surface area contributed by atoms with Crippen molar-refractivity contribution < 1.29 is 12.8 Å². The highest BCUT2D eigenvalue weighted by Gasteiger charge is 2.29. The van der Waals surface area contributed by atoms with Crippen molar-refractivity contribution in [3.63, 3.8) is 0 Å². The first-order valence-electron chi connectivity index (χ1n) is 11.0. The number of likely N-dealkylation sites (N-methyl/N-ethyl adjacent to an activating group) is 1. The van der Waals surface area contributed by atoms with Crippen LogP contribution >= 0.6 is 0 Å². The lowest BCUT2D eigenvalue weighted by Crippen LogP contribution is -2.43. The van der Waals surface area contributed by atoms with E-state index in [1.165, 1.54) is 16.1 Å². The molecule has 1 aromatic heterocycles. The summed E-state index contributed by atoms with van der Waals surface area (Å²) in [5.41, 5.74) is 2.71. The average molecular weight is 464 g/mol. The SMILES string of the molecule is CN1CCN(Cc2c(-c3ccccc3)n(S(=O)(=O)c3ccccc3)c3ccc(F)cc23)CC1. The third-order valence-electron chi connectivity index (χ3n) is 6.30. The van der Waals surface area contributed by atoms with E-state index < -0.39 is 10.0 Å². The Morgan fingerprint density at radius 2 is 1.48 bits per heavy atom. The van der Waals surface area contributed by atoms with Crippen molar-refractivity contribution in [1.82, 2.24) is 13.8 Å². The number of hydrogen-bond acceptors (Lipinski definition) is 4. The molecule has 3 aromatic carbocycles. The average Bonchev–Trinajstić information content (AvgIpc) is 3.15. The second-order valence-electron chi connectivity index (χ2n) is 8.52. The summed E-state index contributed by atoms with van der Waals surface area (Å²) in [5, 5.41) is 0.632. The maximum absolute atomic E-state index is 14.4. The first-order valence-corrected chi connectivity index (χ1v) is 12.5. The van der Waals surface area contributed by atoms with Gasteiger partial charge in [0, 0.05) is 43.7 Å². The Hall–Kier alpha value is -3.00. The van der Waals surface area contributed by atoms with Crippen LogP contribution in [0.2, 0.25) is 0 Å². The van der Waals surface area contributed by atoms with Crippen LogP contribution < -0.4 is 0 Å². The van der Waals surface area contributed by atoms with Crippen molar-refractivity contribution in [2.75, 3.05) is 33.2 Å². The molecule has 5 rings (SSSR count). The van der Waals surface area contributed by atoms with Gasteiger partial charge in [0.2, 0.25) is 0 Å². The van der Waals surface area contributed by atoms with Gasteiger partial charge in [0.15, 0.2) is 0 Å². The highest BCUT2D eigenvalue weighted by atomic mass is 32.2. The molecule has 5 nitrogen and oxygen atoms in total. The van der Waals surface area contributed by atoms with Gasteiger partial charge in [-0.15, -0.1) is 0 Å². The lowest BCUT2D eigenvalue weighted by atomic mass is 10.0. The molecule has 7 heteroatoms. The molecule has 1 aliphatic rings. The summed E-state index contributed by atoms with van der Waals surface area (Å²) in [5.74, 6) is -0.379. The van der Waals surface area contributed by atoms with Crippen LogP contribution in [0.3, 0.4) is 0 Å². The van der Waals surface area contributed by atoms with Gasteiger partial charge in [-0.3, -0.25) is 4.90 Å². The molecule has 2 heterocycles. The van der Waals surface area contributed by atoms with Gasteiger partial charge in [-0.05, 0) is 42.9 Å². The molecule has 0 saturated carbocycles. The van der Waals surface area contributed by atoms with Crippen molar-refractivity contribution in [3.8, 4) is 11.3 Å². The van der Waals surface area contributed by atoms with E-state index in [4.69, 9.17) is 0 Å². The lowest BCUT2D eigenvalue weighted by Gasteiger charge is -2.32. The Kier molecular flexibility index (Phi) is 5.78. The normalized spacial score (nSPS) is 15.8. The van der Waals surface area contributed by atoms with Crippen LogP contribution in [0.15, 0.2) is 83.8 Å². The minimum Gasteiger partial charge on any atom is -0.304 e. The fourth-order valence-electron chi connectivity index (χ4n) is 4.52. The van der Waals surface area contributed by atoms with E-state index in [1.54, 1.807) is 36.4 Å². The summed E-state index contributed by atoms with van der Waals surface area (Å²) in [6, 6.07) is 22.3. The quantitative estimate of drug-likeness (QED) is 0.439. The molecule has 170 valence electrons. The second kappa shape index (κ2) is 8.74. The van der Waals surface area contributed by atoms with E-state index >= 15 is 0 Å². The molecule has 0 amide bonds. The highest BCUT2D eigenvalue weighted by Crippen LogP contribution is 2.38. The summed E-state index contributed by atoms with van der Waals surface area (Å²) < 4.78 is 43.7. The van der Waals surface area contributed by atoms with Gasteiger partial charge in [0.05, 0.1) is 16.1 Å². The van der Waals surface area contributed by atoms with E-state index in [-0.39, 0.29) is 10.7 Å². The van der Waals surface area contributed by atoms with Gasteiger partial charge in [-0.1, -0.05) is 48.5 Å². The van der Waals surface area contributed by atoms with E-state index in [1.807, 2.05) is 30.3 Å². The summed E-state index contributed by atoms with van der Waals surface area (Å²) >= 11 is 0. The maximum atomic E-state index is 14.4. The number of benzene rings is 3. The van der Waals surface area contributed by atoms with Crippen LogP contribution in [-0.4, -0.2) is 55.4 Å². The molecule has 1 aliphatic heterocycles. The molecule has 0 bridgehead atoms. The Morgan fingerprint density at radius 3 is 2.15 bits per heavy atom. The molecule has 0 unspecified atom stereocenters. The van der Waals surface area contributed by atoms with Crippen LogP contribution in [-0.2, 0) is 16.6 Å². The molecule has 0 spiro atoms. The number of nitrogens with zero attached hydrogens (tertiary/aromatic N) is 3. The van der Waals surface area contributed by atoms with Gasteiger partial charge in [0.1, 0.15) is 5.82 Å². The zero-order valence-corrected chi connectivity index (χ0v) is 19.3. The fraction of sp³-hybridized carbons (Fsp3) is 0.231. The summed E-state index contributed by atoms with van der Waals surface area (Å²) in [6.45, 7) is 4.18. The van der Waals surface area contributed by atoms with Crippen LogP contribution in [0.4, 0.5) is 4.39 Å². The minimum absolute atomic E-state index is 0.203. The molecule has 0 radical (unpaired) electrons. The second-order valence-corrected chi connectivity index (χ2v) is 10.3. The zero-order chi connectivity index (χ0) is 23.0. The predicted octanol–water partition coefficient (Wildman–Crippen LogP) is 4.43. The van der Waals surface area contributed by atoms with Gasteiger partial charge < -0.3 is 4.90 Å². The van der Waals surface area contributed by atoms with Crippen LogP contribution in [0.1, 0.15) is 5.56 Å². The molecule has 1 fully saturated rings. The first-order chi connectivity index (χ1) is 15.9. The van der Waals surface area contributed by atoms with Crippen molar-refractivity contribution in [2.45, 2.75) is 11.4 Å². The maximum Gasteiger partial charge on any atom is 0.268 e. The third-order valence-corrected chi connectivity index (χ3v) is 8.03. The largest absolute Gasteiger partial charge is 0.304 e. The third kappa shape index (κ3) is 4.08. The predicted molar refractivity (Wildman–Crippen MR) is 129 cm³/mol. The zero-order valence-electron chi connectivity index (χ0n) is 18.5. The molecule has 33 heavy (non-hydrogen) atoms. The molecular formula is C26H26FN3O2S. The molecule has 0 aliphatic carbocycles. The number of rotatable bonds is 5. The number of halogens is 1. The van der Waals surface area contributed by atoms with E-state index in [2.05, 4.69) is 16.8 Å². The molecule has 1 saturated heterocycles. The highest BCUT2D eigenvalue weighted by molar-refractivity contribution is 7.90. The summed E-state index contributed by atoms with van der Waals surface area (Å²) in [6.07, 6.45) is 0. The lowest BCUT2D eigenvalue weighted by molar-refractivity contribution is 0.148. The Labute approximate surface area is 193 Å². The molecular weight excluding hydrogens is 437 g/mol. The summed E-state index contributed by atoms with van der Waals surface area (Å²) in [4.78, 5) is 4.79. The minimum atomic E-state index is -3.92. The number of fused-ring (bicyclic) bond motifs is 1. The van der Waals surface area contributed by atoms with Crippen molar-refractivity contribution in [1.29, 1.82) is 0 Å². The Balaban J connectivity index is 1.79. The Morgan fingerprint density at radius 1 is 0.848 bits per heavy atom. The van der Waals surface area contributed by atoms with E-state index in [9.17, 15) is 12.8 Å². The van der Waals surface area contributed by atoms with Crippen molar-refractivity contribution in [3.05, 3.63) is 90.2 Å². The number of piperazine rings is 1. The molecule has 4 aromatic rings. The van der Waals surface area contributed by atoms with Crippen LogP contribution in [0.25, 0.3) is 22.2 Å². The van der Waals surface area contributed by atoms with Gasteiger partial charge in [-0.2, -0.15) is 0 Å².